The lowest BCUT2D eigenvalue weighted by Crippen LogP contribution is -2.41. The van der Waals surface area contributed by atoms with E-state index < -0.39 is 5.60 Å². The molecule has 3 heterocycles. The molecule has 1 aromatic carbocycles. The molecular weight excluding hydrogens is 378 g/mol. The number of nitrogens with one attached hydrogen (secondary N) is 1. The third-order valence-electron chi connectivity index (χ3n) is 5.23. The van der Waals surface area contributed by atoms with Crippen molar-refractivity contribution >= 4 is 23.1 Å². The second-order valence-corrected chi connectivity index (χ2v) is 8.72. The fourth-order valence-corrected chi connectivity index (χ4v) is 3.88. The van der Waals surface area contributed by atoms with Gasteiger partial charge >= 0.3 is 6.09 Å². The first-order chi connectivity index (χ1) is 14.4. The van der Waals surface area contributed by atoms with Crippen LogP contribution in [0.25, 0.3) is 11.0 Å². The van der Waals surface area contributed by atoms with Crippen molar-refractivity contribution in [2.75, 3.05) is 11.9 Å². The Labute approximate surface area is 177 Å². The molecule has 0 bridgehead atoms. The summed E-state index contributed by atoms with van der Waals surface area (Å²) < 4.78 is 7.81. The molecule has 1 unspecified atom stereocenters. The van der Waals surface area contributed by atoms with Crippen molar-refractivity contribution in [1.82, 2.24) is 19.4 Å². The van der Waals surface area contributed by atoms with Gasteiger partial charge in [-0.15, -0.1) is 0 Å². The molecule has 0 spiro atoms. The number of imidazole rings is 1. The number of benzene rings is 1. The smallest absolute Gasteiger partial charge is 0.410 e. The zero-order chi connectivity index (χ0) is 21.1. The predicted molar refractivity (Wildman–Crippen MR) is 117 cm³/mol. The Balaban J connectivity index is 1.57. The predicted octanol–water partition coefficient (Wildman–Crippen LogP) is 4.44. The van der Waals surface area contributed by atoms with Crippen molar-refractivity contribution in [2.24, 2.45) is 0 Å². The van der Waals surface area contributed by atoms with Crippen LogP contribution in [0, 0.1) is 0 Å². The van der Waals surface area contributed by atoms with Gasteiger partial charge in [-0.1, -0.05) is 18.2 Å². The van der Waals surface area contributed by atoms with Gasteiger partial charge < -0.3 is 19.5 Å². The van der Waals surface area contributed by atoms with Gasteiger partial charge in [-0.05, 0) is 57.4 Å². The highest BCUT2D eigenvalue weighted by Gasteiger charge is 2.33. The van der Waals surface area contributed by atoms with E-state index in [-0.39, 0.29) is 12.1 Å². The summed E-state index contributed by atoms with van der Waals surface area (Å²) in [6.07, 6.45) is 5.31. The third-order valence-corrected chi connectivity index (χ3v) is 5.23. The minimum absolute atomic E-state index is 0.0800. The molecule has 1 aliphatic rings. The standard InChI is InChI=1S/C23H29N5O2/c1-23(2,3)30-22(29)27-13-7-9-18(27)16-28-20-11-5-4-10-19(20)26-21(28)25-15-17-8-6-12-24-14-17/h4-6,8,10-12,14,18H,7,9,13,15-16H2,1-3H3,(H,25,26). The Hall–Kier alpha value is -3.09. The first-order valence-electron chi connectivity index (χ1n) is 10.5. The van der Waals surface area contributed by atoms with Gasteiger partial charge in [0.25, 0.3) is 0 Å². The Morgan fingerprint density at radius 1 is 1.23 bits per heavy atom. The van der Waals surface area contributed by atoms with E-state index in [2.05, 4.69) is 20.9 Å². The van der Waals surface area contributed by atoms with E-state index in [1.54, 1.807) is 6.20 Å². The minimum atomic E-state index is -0.498. The highest BCUT2D eigenvalue weighted by molar-refractivity contribution is 5.78. The molecular formula is C23H29N5O2. The number of likely N-dealkylation sites (tertiary alicyclic amines) is 1. The number of amides is 1. The number of nitrogens with zero attached hydrogens (tertiary/aromatic N) is 4. The largest absolute Gasteiger partial charge is 0.444 e. The van der Waals surface area contributed by atoms with Gasteiger partial charge in [0, 0.05) is 32.0 Å². The number of hydrogen-bond acceptors (Lipinski definition) is 5. The van der Waals surface area contributed by atoms with Gasteiger partial charge in [-0.3, -0.25) is 4.98 Å². The maximum atomic E-state index is 12.7. The van der Waals surface area contributed by atoms with Gasteiger partial charge in [-0.25, -0.2) is 9.78 Å². The van der Waals surface area contributed by atoms with Gasteiger partial charge in [0.05, 0.1) is 17.1 Å². The minimum Gasteiger partial charge on any atom is -0.444 e. The number of aromatic nitrogens is 3. The van der Waals surface area contributed by atoms with Crippen LogP contribution in [0.3, 0.4) is 0 Å². The van der Waals surface area contributed by atoms with E-state index in [4.69, 9.17) is 9.72 Å². The van der Waals surface area contributed by atoms with Crippen LogP contribution in [-0.4, -0.2) is 43.7 Å². The van der Waals surface area contributed by atoms with Crippen LogP contribution in [0.5, 0.6) is 0 Å². The molecule has 158 valence electrons. The summed E-state index contributed by atoms with van der Waals surface area (Å²) in [5.74, 6) is 0.802. The van der Waals surface area contributed by atoms with Gasteiger partial charge in [0.15, 0.2) is 0 Å². The second-order valence-electron chi connectivity index (χ2n) is 8.72. The first kappa shape index (κ1) is 20.2. The molecule has 4 rings (SSSR count). The van der Waals surface area contributed by atoms with Crippen LogP contribution in [0.15, 0.2) is 48.8 Å². The van der Waals surface area contributed by atoms with E-state index in [1.807, 2.05) is 62.2 Å². The third kappa shape index (κ3) is 4.56. The lowest BCUT2D eigenvalue weighted by atomic mass is 10.2. The lowest BCUT2D eigenvalue weighted by molar-refractivity contribution is 0.0215. The Bertz CT molecular complexity index is 1010. The SMILES string of the molecule is CC(C)(C)OC(=O)N1CCCC1Cn1c(NCc2cccnc2)nc2ccccc21. The van der Waals surface area contributed by atoms with Gasteiger partial charge in [-0.2, -0.15) is 0 Å². The zero-order valence-corrected chi connectivity index (χ0v) is 17.8. The molecule has 0 radical (unpaired) electrons. The molecule has 30 heavy (non-hydrogen) atoms. The number of fused-ring (bicyclic) bond motifs is 1. The number of anilines is 1. The normalized spacial score (nSPS) is 16.8. The maximum Gasteiger partial charge on any atom is 0.410 e. The topological polar surface area (TPSA) is 72.3 Å². The van der Waals surface area contributed by atoms with Gasteiger partial charge in [0.1, 0.15) is 5.60 Å². The number of hydrogen-bond donors (Lipinski definition) is 1. The molecule has 7 heteroatoms. The molecule has 0 saturated carbocycles. The van der Waals surface area contributed by atoms with E-state index in [0.29, 0.717) is 13.1 Å². The van der Waals surface area contributed by atoms with Crippen LogP contribution in [0.1, 0.15) is 39.2 Å². The lowest BCUT2D eigenvalue weighted by Gasteiger charge is -2.29. The van der Waals surface area contributed by atoms with E-state index in [9.17, 15) is 4.79 Å². The molecule has 7 nitrogen and oxygen atoms in total. The molecule has 3 aromatic rings. The Kier molecular flexibility index (Phi) is 5.61. The van der Waals surface area contributed by atoms with Crippen molar-refractivity contribution in [3.05, 3.63) is 54.4 Å². The number of rotatable bonds is 5. The van der Waals surface area contributed by atoms with Crippen molar-refractivity contribution < 1.29 is 9.53 Å². The van der Waals surface area contributed by atoms with E-state index in [0.717, 1.165) is 41.9 Å². The molecule has 1 atom stereocenters. The second kappa shape index (κ2) is 8.34. The number of carbonyl (C=O) groups is 1. The Morgan fingerprint density at radius 3 is 2.83 bits per heavy atom. The summed E-state index contributed by atoms with van der Waals surface area (Å²) in [5, 5.41) is 3.45. The summed E-state index contributed by atoms with van der Waals surface area (Å²) in [7, 11) is 0. The Morgan fingerprint density at radius 2 is 2.07 bits per heavy atom. The van der Waals surface area contributed by atoms with Crippen LogP contribution in [0.2, 0.25) is 0 Å². The van der Waals surface area contributed by atoms with E-state index >= 15 is 0 Å². The van der Waals surface area contributed by atoms with Crippen LogP contribution in [0.4, 0.5) is 10.7 Å². The van der Waals surface area contributed by atoms with E-state index in [1.165, 1.54) is 0 Å². The number of ether oxygens (including phenoxy) is 1. The molecule has 1 saturated heterocycles. The quantitative estimate of drug-likeness (QED) is 0.677. The molecule has 0 aliphatic carbocycles. The summed E-state index contributed by atoms with van der Waals surface area (Å²) in [4.78, 5) is 23.6. The number of carbonyl (C=O) groups excluding carboxylic acids is 1. The maximum absolute atomic E-state index is 12.7. The molecule has 1 fully saturated rings. The highest BCUT2D eigenvalue weighted by atomic mass is 16.6. The fourth-order valence-electron chi connectivity index (χ4n) is 3.88. The summed E-state index contributed by atoms with van der Waals surface area (Å²) in [6, 6.07) is 12.1. The van der Waals surface area contributed by atoms with Crippen LogP contribution >= 0.6 is 0 Å². The summed E-state index contributed by atoms with van der Waals surface area (Å²) in [5.41, 5.74) is 2.59. The molecule has 1 aliphatic heterocycles. The average molecular weight is 408 g/mol. The van der Waals surface area contributed by atoms with Crippen molar-refractivity contribution in [2.45, 2.75) is 58.3 Å². The van der Waals surface area contributed by atoms with Crippen molar-refractivity contribution in [3.8, 4) is 0 Å². The van der Waals surface area contributed by atoms with Crippen LogP contribution < -0.4 is 5.32 Å². The average Bonchev–Trinajstić information content (AvgIpc) is 3.31. The molecule has 1 N–H and O–H groups in total. The highest BCUT2D eigenvalue weighted by Crippen LogP contribution is 2.26. The molecule has 2 aromatic heterocycles. The van der Waals surface area contributed by atoms with Crippen LogP contribution in [-0.2, 0) is 17.8 Å². The number of para-hydroxylation sites is 2. The summed E-state index contributed by atoms with van der Waals surface area (Å²) >= 11 is 0. The monoisotopic (exact) mass is 407 g/mol. The van der Waals surface area contributed by atoms with Crippen molar-refractivity contribution in [1.29, 1.82) is 0 Å². The molecule has 1 amide bonds. The summed E-state index contributed by atoms with van der Waals surface area (Å²) in [6.45, 7) is 7.75. The zero-order valence-electron chi connectivity index (χ0n) is 17.8. The number of pyridine rings is 1. The van der Waals surface area contributed by atoms with Gasteiger partial charge in [0.2, 0.25) is 5.95 Å². The fraction of sp³-hybridized carbons (Fsp3) is 0.435. The first-order valence-corrected chi connectivity index (χ1v) is 10.5. The van der Waals surface area contributed by atoms with Crippen molar-refractivity contribution in [3.63, 3.8) is 0 Å².